The second-order valence-electron chi connectivity index (χ2n) is 7.55. The van der Waals surface area contributed by atoms with Crippen LogP contribution in [-0.2, 0) is 21.1 Å². The van der Waals surface area contributed by atoms with E-state index in [2.05, 4.69) is 34.6 Å². The van der Waals surface area contributed by atoms with Gasteiger partial charge in [-0.2, -0.15) is 0 Å². The first-order chi connectivity index (χ1) is 9.55. The standard InChI is InChI=1S/C10H15.C4H10N.C4H10O.NO.W/c1-6-7(2)9(4)10(5)8(6)3;2*1-4(2,3)5;1-2;/h1-5H3;2*5H,1-3H3;;/q;-1;;-1;+2. The van der Waals surface area contributed by atoms with Crippen molar-refractivity contribution in [3.63, 3.8) is 0 Å². The monoisotopic (exact) mass is 495 g/mol. The summed E-state index contributed by atoms with van der Waals surface area (Å²) < 4.78 is 0. The summed E-state index contributed by atoms with van der Waals surface area (Å²) in [6.07, 6.45) is 0. The van der Waals surface area contributed by atoms with Gasteiger partial charge in [-0.3, -0.25) is 0 Å². The molecule has 0 aromatic carbocycles. The average molecular weight is 495 g/mol. The van der Waals surface area contributed by atoms with E-state index in [4.69, 9.17) is 21.3 Å². The Morgan fingerprint density at radius 1 is 0.739 bits per heavy atom. The minimum Gasteiger partial charge on any atom is -0.673 e. The summed E-state index contributed by atoms with van der Waals surface area (Å²) in [5.41, 5.74) is 17.8. The normalized spacial score (nSPS) is 14.7. The zero-order valence-corrected chi connectivity index (χ0v) is 19.6. The van der Waals surface area contributed by atoms with Gasteiger partial charge in [0.2, 0.25) is 0 Å². The number of aliphatic hydroxyl groups is 1. The molecule has 0 heterocycles. The molecule has 1 rings (SSSR count). The van der Waals surface area contributed by atoms with Crippen molar-refractivity contribution in [3.05, 3.63) is 44.4 Å². The summed E-state index contributed by atoms with van der Waals surface area (Å²) in [5, 5.41) is 8.52. The van der Waals surface area contributed by atoms with Crippen LogP contribution in [0.2, 0.25) is 0 Å². The molecule has 0 fully saturated rings. The summed E-state index contributed by atoms with van der Waals surface area (Å²) in [7, 11) is 0. The van der Waals surface area contributed by atoms with Crippen molar-refractivity contribution in [2.75, 3.05) is 0 Å². The molecule has 2 N–H and O–H groups in total. The summed E-state index contributed by atoms with van der Waals surface area (Å²) in [4.78, 5) is 7.25. The number of nitrogens with zero attached hydrogens (tertiary/aromatic N) is 1. The maximum atomic E-state index is 8.52. The molecular formula is C18H35N2O2W. The number of nitroso groups, excluding NO2 is 1. The van der Waals surface area contributed by atoms with Crippen molar-refractivity contribution in [2.45, 2.75) is 87.3 Å². The molecule has 0 spiro atoms. The molecule has 0 amide bonds. The fourth-order valence-electron chi connectivity index (χ4n) is 1.41. The first kappa shape index (κ1) is 30.6. The van der Waals surface area contributed by atoms with Gasteiger partial charge in [0.05, 0.1) is 5.60 Å². The summed E-state index contributed by atoms with van der Waals surface area (Å²) in [6, 6.07) is 0. The van der Waals surface area contributed by atoms with Gasteiger partial charge in [0, 0.05) is 5.92 Å². The SMILES string of the molecule is CC(C)(C)O.CC(C)(C)[NH-].C[C]1C(C)=C(C)C(C)=C1C.[N-]=O.[W+2]. The molecule has 135 valence electrons. The fourth-order valence-corrected chi connectivity index (χ4v) is 1.41. The largest absolute Gasteiger partial charge is 2.00 e. The molecule has 0 saturated heterocycles. The predicted molar refractivity (Wildman–Crippen MR) is 98.4 cm³/mol. The van der Waals surface area contributed by atoms with E-state index in [1.165, 1.54) is 28.2 Å². The van der Waals surface area contributed by atoms with Crippen molar-refractivity contribution in [3.8, 4) is 0 Å². The van der Waals surface area contributed by atoms with Crippen LogP contribution < -0.4 is 0 Å². The predicted octanol–water partition coefficient (Wildman–Crippen LogP) is 6.20. The zero-order valence-electron chi connectivity index (χ0n) is 16.7. The van der Waals surface area contributed by atoms with Gasteiger partial charge in [0.1, 0.15) is 0 Å². The van der Waals surface area contributed by atoms with E-state index < -0.39 is 5.60 Å². The smallest absolute Gasteiger partial charge is 0.673 e. The van der Waals surface area contributed by atoms with Gasteiger partial charge < -0.3 is 21.3 Å². The number of hydrogen-bond acceptors (Lipinski definition) is 2. The van der Waals surface area contributed by atoms with Gasteiger partial charge in [-0.1, -0.05) is 38.8 Å². The Balaban J connectivity index is -0.000000120. The number of hydrogen-bond donors (Lipinski definition) is 1. The zero-order chi connectivity index (χ0) is 18.9. The molecule has 0 unspecified atom stereocenters. The molecule has 5 heteroatoms. The third-order valence-electron chi connectivity index (χ3n) is 2.81. The molecule has 23 heavy (non-hydrogen) atoms. The maximum Gasteiger partial charge on any atom is 2.00 e. The van der Waals surface area contributed by atoms with Gasteiger partial charge >= 0.3 is 21.1 Å². The van der Waals surface area contributed by atoms with Crippen LogP contribution >= 0.6 is 0 Å². The molecule has 1 aliphatic carbocycles. The molecule has 1 aliphatic rings. The molecule has 0 aromatic rings. The third-order valence-corrected chi connectivity index (χ3v) is 2.81. The van der Waals surface area contributed by atoms with Gasteiger partial charge in [0.25, 0.3) is 0 Å². The molecule has 4 nitrogen and oxygen atoms in total. The molecule has 1 radical (unpaired) electrons. The Morgan fingerprint density at radius 3 is 0.913 bits per heavy atom. The van der Waals surface area contributed by atoms with Crippen LogP contribution in [0.15, 0.2) is 22.3 Å². The van der Waals surface area contributed by atoms with E-state index in [0.29, 0.717) is 0 Å². The Labute approximate surface area is 158 Å². The first-order valence-electron chi connectivity index (χ1n) is 7.41. The number of allylic oxidation sites excluding steroid dienone is 4. The second-order valence-corrected chi connectivity index (χ2v) is 7.55. The van der Waals surface area contributed by atoms with Crippen LogP contribution in [-0.4, -0.2) is 16.2 Å². The van der Waals surface area contributed by atoms with E-state index in [1.54, 1.807) is 20.8 Å². The Hall–Kier alpha value is -0.312. The topological polar surface area (TPSA) is 83.4 Å². The van der Waals surface area contributed by atoms with Crippen LogP contribution in [0.25, 0.3) is 11.3 Å². The van der Waals surface area contributed by atoms with Crippen molar-refractivity contribution in [1.82, 2.24) is 0 Å². The van der Waals surface area contributed by atoms with Crippen molar-refractivity contribution < 1.29 is 26.2 Å². The second kappa shape index (κ2) is 13.0. The Kier molecular flexibility index (Phi) is 17.3. The van der Waals surface area contributed by atoms with E-state index >= 15 is 0 Å². The summed E-state index contributed by atoms with van der Waals surface area (Å²) >= 11 is 0. The molecular weight excluding hydrogens is 460 g/mol. The van der Waals surface area contributed by atoms with E-state index in [-0.39, 0.29) is 26.6 Å². The summed E-state index contributed by atoms with van der Waals surface area (Å²) in [6.45, 7) is 21.8. The van der Waals surface area contributed by atoms with Crippen molar-refractivity contribution in [2.24, 2.45) is 0 Å². The van der Waals surface area contributed by atoms with Crippen molar-refractivity contribution >= 4 is 0 Å². The molecule has 0 aliphatic heterocycles. The first-order valence-corrected chi connectivity index (χ1v) is 7.41. The molecule has 0 saturated carbocycles. The van der Waals surface area contributed by atoms with Crippen LogP contribution in [0.4, 0.5) is 0 Å². The summed E-state index contributed by atoms with van der Waals surface area (Å²) in [5.74, 6) is 1.47. The quantitative estimate of drug-likeness (QED) is 0.434. The fraction of sp³-hybridized carbons (Fsp3) is 0.722. The average Bonchev–Trinajstić information content (AvgIpc) is 2.46. The van der Waals surface area contributed by atoms with Gasteiger partial charge in [-0.05, 0) is 59.6 Å². The molecule has 0 bridgehead atoms. The van der Waals surface area contributed by atoms with Crippen LogP contribution in [0.5, 0.6) is 0 Å². The third kappa shape index (κ3) is 21.7. The minimum absolute atomic E-state index is 0. The minimum atomic E-state index is -0.500. The maximum absolute atomic E-state index is 8.52. The number of nitrogens with one attached hydrogen (secondary N) is 1. The number of rotatable bonds is 0. The van der Waals surface area contributed by atoms with Gasteiger partial charge in [-0.25, -0.2) is 0 Å². The Morgan fingerprint density at radius 2 is 0.870 bits per heavy atom. The van der Waals surface area contributed by atoms with Gasteiger partial charge in [-0.15, -0.1) is 5.54 Å². The van der Waals surface area contributed by atoms with Crippen molar-refractivity contribution in [1.29, 1.82) is 0 Å². The van der Waals surface area contributed by atoms with Crippen LogP contribution in [0.1, 0.15) is 76.2 Å². The molecule has 0 aromatic heterocycles. The molecule has 0 atom stereocenters. The van der Waals surface area contributed by atoms with Crippen LogP contribution in [0, 0.1) is 10.8 Å². The Bertz CT molecular complexity index is 341. The van der Waals surface area contributed by atoms with Gasteiger partial charge in [0.15, 0.2) is 0 Å². The van der Waals surface area contributed by atoms with E-state index in [9.17, 15) is 0 Å². The van der Waals surface area contributed by atoms with Crippen LogP contribution in [0.3, 0.4) is 0 Å². The van der Waals surface area contributed by atoms with E-state index in [1.807, 2.05) is 20.8 Å². The van der Waals surface area contributed by atoms with E-state index in [0.717, 1.165) is 0 Å².